The number of methoxy groups -OCH3 is 2. The van der Waals surface area contributed by atoms with Gasteiger partial charge in [-0.3, -0.25) is 0 Å². The summed E-state index contributed by atoms with van der Waals surface area (Å²) in [7, 11) is 2.45. The van der Waals surface area contributed by atoms with Crippen LogP contribution in [-0.2, 0) is 18.9 Å². The summed E-state index contributed by atoms with van der Waals surface area (Å²) in [6.07, 6.45) is -1.53. The standard InChI is InChI=1S/C9H16O6/c1-9(2,5-14-7(10)12-3)6-15-8(11)13-4/h5-6H2,1-4H3. The molecular formula is C9H16O6. The Hall–Kier alpha value is -1.46. The van der Waals surface area contributed by atoms with E-state index in [4.69, 9.17) is 9.47 Å². The molecule has 0 saturated heterocycles. The molecule has 0 atom stereocenters. The lowest BCUT2D eigenvalue weighted by Crippen LogP contribution is -2.28. The third kappa shape index (κ3) is 6.59. The fourth-order valence-corrected chi connectivity index (χ4v) is 0.668. The maximum atomic E-state index is 10.7. The molecule has 0 rings (SSSR count). The topological polar surface area (TPSA) is 71.1 Å². The summed E-state index contributed by atoms with van der Waals surface area (Å²) in [5.41, 5.74) is -0.484. The summed E-state index contributed by atoms with van der Waals surface area (Å²) in [6.45, 7) is 3.74. The highest BCUT2D eigenvalue weighted by atomic mass is 16.7. The zero-order chi connectivity index (χ0) is 11.9. The second kappa shape index (κ2) is 6.10. The van der Waals surface area contributed by atoms with Gasteiger partial charge >= 0.3 is 12.3 Å². The van der Waals surface area contributed by atoms with Crippen molar-refractivity contribution >= 4 is 12.3 Å². The minimum Gasteiger partial charge on any atom is -0.438 e. The van der Waals surface area contributed by atoms with Gasteiger partial charge in [-0.25, -0.2) is 9.59 Å². The van der Waals surface area contributed by atoms with E-state index in [0.29, 0.717) is 0 Å². The molecule has 0 heterocycles. The van der Waals surface area contributed by atoms with Crippen LogP contribution in [0.1, 0.15) is 13.8 Å². The maximum absolute atomic E-state index is 10.7. The highest BCUT2D eigenvalue weighted by Gasteiger charge is 2.23. The summed E-state index contributed by atoms with van der Waals surface area (Å²) in [6, 6.07) is 0. The van der Waals surface area contributed by atoms with E-state index in [-0.39, 0.29) is 13.2 Å². The van der Waals surface area contributed by atoms with Crippen LogP contribution in [0.25, 0.3) is 0 Å². The van der Waals surface area contributed by atoms with Gasteiger partial charge in [0, 0.05) is 5.41 Å². The Morgan fingerprint density at radius 1 is 0.933 bits per heavy atom. The van der Waals surface area contributed by atoms with Crippen molar-refractivity contribution in [3.8, 4) is 0 Å². The molecule has 15 heavy (non-hydrogen) atoms. The first-order valence-electron chi connectivity index (χ1n) is 4.33. The summed E-state index contributed by atoms with van der Waals surface area (Å²) in [5, 5.41) is 0. The molecule has 0 aromatic rings. The van der Waals surface area contributed by atoms with Gasteiger partial charge in [-0.05, 0) is 0 Å². The molecule has 0 spiro atoms. The molecule has 0 unspecified atom stereocenters. The van der Waals surface area contributed by atoms with Crippen molar-refractivity contribution in [1.82, 2.24) is 0 Å². The minimum atomic E-state index is -0.763. The fourth-order valence-electron chi connectivity index (χ4n) is 0.668. The van der Waals surface area contributed by atoms with Gasteiger partial charge in [-0.15, -0.1) is 0 Å². The Bertz CT molecular complexity index is 201. The van der Waals surface area contributed by atoms with Gasteiger partial charge in [0.05, 0.1) is 14.2 Å². The SMILES string of the molecule is COC(=O)OCC(C)(C)COC(=O)OC. The molecule has 0 aromatic carbocycles. The maximum Gasteiger partial charge on any atom is 0.507 e. The zero-order valence-corrected chi connectivity index (χ0v) is 9.36. The smallest absolute Gasteiger partial charge is 0.438 e. The summed E-state index contributed by atoms with van der Waals surface area (Å²) in [4.78, 5) is 21.4. The summed E-state index contributed by atoms with van der Waals surface area (Å²) in [5.74, 6) is 0. The number of carbonyl (C=O) groups excluding carboxylic acids is 2. The fraction of sp³-hybridized carbons (Fsp3) is 0.778. The molecule has 0 amide bonds. The second-order valence-electron chi connectivity index (χ2n) is 3.65. The summed E-state index contributed by atoms with van der Waals surface area (Å²) >= 11 is 0. The lowest BCUT2D eigenvalue weighted by Gasteiger charge is -2.22. The van der Waals surface area contributed by atoms with Crippen LogP contribution in [0.15, 0.2) is 0 Å². The average Bonchev–Trinajstić information content (AvgIpc) is 2.22. The molecule has 0 fully saturated rings. The third-order valence-electron chi connectivity index (χ3n) is 1.49. The number of hydrogen-bond donors (Lipinski definition) is 0. The van der Waals surface area contributed by atoms with Crippen molar-refractivity contribution in [3.63, 3.8) is 0 Å². The van der Waals surface area contributed by atoms with E-state index in [1.165, 1.54) is 14.2 Å². The molecule has 0 N–H and O–H groups in total. The Morgan fingerprint density at radius 3 is 1.53 bits per heavy atom. The predicted molar refractivity (Wildman–Crippen MR) is 50.5 cm³/mol. The first-order valence-corrected chi connectivity index (χ1v) is 4.33. The van der Waals surface area contributed by atoms with Gasteiger partial charge < -0.3 is 18.9 Å². The van der Waals surface area contributed by atoms with Crippen molar-refractivity contribution < 1.29 is 28.5 Å². The van der Waals surface area contributed by atoms with E-state index in [2.05, 4.69) is 9.47 Å². The van der Waals surface area contributed by atoms with Crippen LogP contribution in [0.4, 0.5) is 9.59 Å². The number of ether oxygens (including phenoxy) is 4. The van der Waals surface area contributed by atoms with Crippen LogP contribution in [0.2, 0.25) is 0 Å². The van der Waals surface area contributed by atoms with E-state index in [9.17, 15) is 9.59 Å². The molecular weight excluding hydrogens is 204 g/mol. The van der Waals surface area contributed by atoms with Crippen molar-refractivity contribution in [1.29, 1.82) is 0 Å². The second-order valence-corrected chi connectivity index (χ2v) is 3.65. The largest absolute Gasteiger partial charge is 0.507 e. The monoisotopic (exact) mass is 220 g/mol. The summed E-state index contributed by atoms with van der Waals surface area (Å²) < 4.78 is 18.1. The van der Waals surface area contributed by atoms with Crippen molar-refractivity contribution in [2.75, 3.05) is 27.4 Å². The molecule has 6 heteroatoms. The highest BCUT2D eigenvalue weighted by Crippen LogP contribution is 2.16. The van der Waals surface area contributed by atoms with E-state index in [0.717, 1.165) is 0 Å². The van der Waals surface area contributed by atoms with Crippen molar-refractivity contribution in [2.24, 2.45) is 5.41 Å². The molecule has 0 radical (unpaired) electrons. The first kappa shape index (κ1) is 13.5. The van der Waals surface area contributed by atoms with Crippen molar-refractivity contribution in [2.45, 2.75) is 13.8 Å². The van der Waals surface area contributed by atoms with Gasteiger partial charge in [0.25, 0.3) is 0 Å². The van der Waals surface area contributed by atoms with Crippen LogP contribution in [0.3, 0.4) is 0 Å². The van der Waals surface area contributed by atoms with Gasteiger partial charge in [0.15, 0.2) is 0 Å². The number of hydrogen-bond acceptors (Lipinski definition) is 6. The highest BCUT2D eigenvalue weighted by molar-refractivity contribution is 5.60. The third-order valence-corrected chi connectivity index (χ3v) is 1.49. The van der Waals surface area contributed by atoms with Crippen LogP contribution in [0.5, 0.6) is 0 Å². The predicted octanol–water partition coefficient (Wildman–Crippen LogP) is 1.58. The van der Waals surface area contributed by atoms with E-state index in [1.807, 2.05) is 0 Å². The van der Waals surface area contributed by atoms with E-state index < -0.39 is 17.7 Å². The zero-order valence-electron chi connectivity index (χ0n) is 9.36. The van der Waals surface area contributed by atoms with Gasteiger partial charge in [-0.2, -0.15) is 0 Å². The van der Waals surface area contributed by atoms with E-state index >= 15 is 0 Å². The minimum absolute atomic E-state index is 0.0939. The van der Waals surface area contributed by atoms with Crippen LogP contribution >= 0.6 is 0 Å². The lowest BCUT2D eigenvalue weighted by atomic mass is 9.96. The van der Waals surface area contributed by atoms with Crippen molar-refractivity contribution in [3.05, 3.63) is 0 Å². The molecule has 6 nitrogen and oxygen atoms in total. The van der Waals surface area contributed by atoms with Crippen LogP contribution in [0, 0.1) is 5.41 Å². The Morgan fingerprint density at radius 2 is 1.27 bits per heavy atom. The van der Waals surface area contributed by atoms with Crippen LogP contribution in [-0.4, -0.2) is 39.7 Å². The van der Waals surface area contributed by atoms with Crippen LogP contribution < -0.4 is 0 Å². The molecule has 0 aliphatic carbocycles. The van der Waals surface area contributed by atoms with Gasteiger partial charge in [0.2, 0.25) is 0 Å². The van der Waals surface area contributed by atoms with Gasteiger partial charge in [-0.1, -0.05) is 13.8 Å². The Kier molecular flexibility index (Phi) is 5.51. The number of rotatable bonds is 4. The van der Waals surface area contributed by atoms with Gasteiger partial charge in [0.1, 0.15) is 13.2 Å². The Balaban J connectivity index is 3.86. The average molecular weight is 220 g/mol. The molecule has 0 saturated carbocycles. The lowest BCUT2D eigenvalue weighted by molar-refractivity contribution is 0.00253. The van der Waals surface area contributed by atoms with E-state index in [1.54, 1.807) is 13.8 Å². The Labute approximate surface area is 88.4 Å². The molecule has 88 valence electrons. The molecule has 0 aliphatic heterocycles. The molecule has 0 aliphatic rings. The molecule has 0 aromatic heterocycles. The molecule has 0 bridgehead atoms. The number of carbonyl (C=O) groups is 2. The normalized spacial score (nSPS) is 10.4. The quantitative estimate of drug-likeness (QED) is 0.670. The first-order chi connectivity index (χ1) is 6.91.